The van der Waals surface area contributed by atoms with Gasteiger partial charge in [-0.1, -0.05) is 12.1 Å². The van der Waals surface area contributed by atoms with E-state index in [0.717, 1.165) is 12.0 Å². The van der Waals surface area contributed by atoms with E-state index in [1.807, 2.05) is 13.1 Å². The van der Waals surface area contributed by atoms with E-state index >= 15 is 0 Å². The van der Waals surface area contributed by atoms with Gasteiger partial charge in [-0.15, -0.1) is 0 Å². The van der Waals surface area contributed by atoms with Crippen molar-refractivity contribution in [1.29, 1.82) is 0 Å². The molecule has 6 nitrogen and oxygen atoms in total. The molecule has 2 amide bonds. The molecule has 0 bridgehead atoms. The number of carbonyl (C=O) groups excluding carboxylic acids is 2. The molecule has 1 aromatic heterocycles. The monoisotopic (exact) mass is 315 g/mol. The second-order valence-electron chi connectivity index (χ2n) is 5.94. The average Bonchev–Trinajstić information content (AvgIpc) is 2.75. The third-order valence-electron chi connectivity index (χ3n) is 4.37. The van der Waals surface area contributed by atoms with E-state index in [4.69, 9.17) is 0 Å². The van der Waals surface area contributed by atoms with E-state index in [0.29, 0.717) is 13.1 Å². The second kappa shape index (κ2) is 5.95. The van der Waals surface area contributed by atoms with Crippen molar-refractivity contribution in [3.63, 3.8) is 0 Å². The summed E-state index contributed by atoms with van der Waals surface area (Å²) in [6, 6.07) is 5.27. The number of methoxy groups -OCH3 is 1. The number of aryl methyl sites for hydroxylation is 1. The van der Waals surface area contributed by atoms with Gasteiger partial charge in [0, 0.05) is 37.2 Å². The Morgan fingerprint density at radius 1 is 1.30 bits per heavy atom. The molecule has 6 heteroatoms. The highest BCUT2D eigenvalue weighted by Crippen LogP contribution is 2.28. The maximum atomic E-state index is 12.4. The van der Waals surface area contributed by atoms with Gasteiger partial charge in [0.1, 0.15) is 6.04 Å². The molecule has 23 heavy (non-hydrogen) atoms. The zero-order valence-corrected chi connectivity index (χ0v) is 13.6. The lowest BCUT2D eigenvalue weighted by atomic mass is 10.1. The summed E-state index contributed by atoms with van der Waals surface area (Å²) in [5.74, 6) is -0.445. The van der Waals surface area contributed by atoms with Crippen LogP contribution in [0.1, 0.15) is 18.1 Å². The minimum atomic E-state index is -0.657. The molecule has 2 heterocycles. The van der Waals surface area contributed by atoms with Gasteiger partial charge in [0.15, 0.2) is 0 Å². The second-order valence-corrected chi connectivity index (χ2v) is 5.94. The highest BCUT2D eigenvalue weighted by Gasteiger charge is 2.24. The summed E-state index contributed by atoms with van der Waals surface area (Å²) in [5, 5.41) is 3.94. The van der Waals surface area contributed by atoms with Crippen LogP contribution < -0.4 is 5.32 Å². The number of amides is 2. The topological polar surface area (TPSA) is 63.6 Å². The molecule has 1 atom stereocenters. The van der Waals surface area contributed by atoms with Gasteiger partial charge in [0.25, 0.3) is 0 Å². The molecule has 122 valence electrons. The van der Waals surface area contributed by atoms with Crippen molar-refractivity contribution in [1.82, 2.24) is 14.8 Å². The normalized spacial score (nSPS) is 15.2. The van der Waals surface area contributed by atoms with Crippen molar-refractivity contribution in [2.24, 2.45) is 7.05 Å². The Morgan fingerprint density at radius 2 is 2.09 bits per heavy atom. The molecule has 2 aromatic rings. The third kappa shape index (κ3) is 2.76. The van der Waals surface area contributed by atoms with Crippen LogP contribution in [-0.4, -0.2) is 41.2 Å². The summed E-state index contributed by atoms with van der Waals surface area (Å²) in [6.45, 7) is 2.78. The molecular weight excluding hydrogens is 294 g/mol. The first-order valence-electron chi connectivity index (χ1n) is 7.70. The Hall–Kier alpha value is -2.50. The Kier molecular flexibility index (Phi) is 3.98. The number of esters is 1. The van der Waals surface area contributed by atoms with E-state index in [1.165, 1.54) is 23.6 Å². The Morgan fingerprint density at radius 3 is 2.83 bits per heavy atom. The lowest BCUT2D eigenvalue weighted by Crippen LogP contribution is -2.47. The molecule has 0 radical (unpaired) electrons. The molecule has 1 aromatic carbocycles. The molecule has 1 aliphatic heterocycles. The van der Waals surface area contributed by atoms with Crippen LogP contribution in [0.2, 0.25) is 0 Å². The molecule has 0 aliphatic carbocycles. The first kappa shape index (κ1) is 15.4. The van der Waals surface area contributed by atoms with Gasteiger partial charge >= 0.3 is 12.0 Å². The standard InChI is InChI=1S/C17H21N3O3/c1-11(16(21)23-3)18-17(22)20-8-7-13-9-19(2)14-6-4-5-12(10-20)15(13)14/h4-6,9,11H,7-8,10H2,1-3H3,(H,18,22). The zero-order valence-electron chi connectivity index (χ0n) is 13.6. The van der Waals surface area contributed by atoms with Gasteiger partial charge in [0.2, 0.25) is 0 Å². The maximum absolute atomic E-state index is 12.4. The van der Waals surface area contributed by atoms with E-state index < -0.39 is 12.0 Å². The van der Waals surface area contributed by atoms with Gasteiger partial charge in [-0.3, -0.25) is 0 Å². The van der Waals surface area contributed by atoms with Crippen LogP contribution >= 0.6 is 0 Å². The van der Waals surface area contributed by atoms with Crippen molar-refractivity contribution in [2.75, 3.05) is 13.7 Å². The number of aromatic nitrogens is 1. The smallest absolute Gasteiger partial charge is 0.328 e. The summed E-state index contributed by atoms with van der Waals surface area (Å²) in [6.07, 6.45) is 2.93. The summed E-state index contributed by atoms with van der Waals surface area (Å²) >= 11 is 0. The first-order chi connectivity index (χ1) is 11.0. The molecule has 0 spiro atoms. The lowest BCUT2D eigenvalue weighted by molar-refractivity contribution is -0.142. The summed E-state index contributed by atoms with van der Waals surface area (Å²) in [5.41, 5.74) is 3.58. The highest BCUT2D eigenvalue weighted by atomic mass is 16.5. The minimum absolute atomic E-state index is 0.241. The van der Waals surface area contributed by atoms with Crippen LogP contribution in [0.4, 0.5) is 4.79 Å². The van der Waals surface area contributed by atoms with Crippen LogP contribution in [0.3, 0.4) is 0 Å². The number of ether oxygens (including phenoxy) is 1. The summed E-state index contributed by atoms with van der Waals surface area (Å²) < 4.78 is 6.78. The highest BCUT2D eigenvalue weighted by molar-refractivity contribution is 5.89. The van der Waals surface area contributed by atoms with E-state index in [9.17, 15) is 9.59 Å². The molecular formula is C17H21N3O3. The van der Waals surface area contributed by atoms with Crippen LogP contribution in [0.25, 0.3) is 10.9 Å². The van der Waals surface area contributed by atoms with Crippen LogP contribution in [0.15, 0.2) is 24.4 Å². The molecule has 0 saturated heterocycles. The largest absolute Gasteiger partial charge is 0.467 e. The number of hydrogen-bond acceptors (Lipinski definition) is 3. The van der Waals surface area contributed by atoms with Gasteiger partial charge in [-0.25, -0.2) is 9.59 Å². The number of nitrogens with one attached hydrogen (secondary N) is 1. The molecule has 0 fully saturated rings. The van der Waals surface area contributed by atoms with Crippen molar-refractivity contribution >= 4 is 22.9 Å². The number of urea groups is 1. The average molecular weight is 315 g/mol. The van der Waals surface area contributed by atoms with Gasteiger partial charge in [-0.05, 0) is 30.5 Å². The Bertz CT molecular complexity index is 766. The molecule has 1 N–H and O–H groups in total. The number of nitrogens with zero attached hydrogens (tertiary/aromatic N) is 2. The van der Waals surface area contributed by atoms with Crippen LogP contribution in [0.5, 0.6) is 0 Å². The fourth-order valence-electron chi connectivity index (χ4n) is 3.17. The summed E-state index contributed by atoms with van der Waals surface area (Å²) in [4.78, 5) is 25.7. The van der Waals surface area contributed by atoms with Crippen LogP contribution in [-0.2, 0) is 29.5 Å². The third-order valence-corrected chi connectivity index (χ3v) is 4.37. The fourth-order valence-corrected chi connectivity index (χ4v) is 3.17. The zero-order chi connectivity index (χ0) is 16.6. The predicted octanol–water partition coefficient (Wildman–Crippen LogP) is 1.81. The minimum Gasteiger partial charge on any atom is -0.467 e. The van der Waals surface area contributed by atoms with Crippen molar-refractivity contribution < 1.29 is 14.3 Å². The molecule has 0 saturated carbocycles. The molecule has 1 unspecified atom stereocenters. The maximum Gasteiger partial charge on any atom is 0.328 e. The van der Waals surface area contributed by atoms with Crippen molar-refractivity contribution in [2.45, 2.75) is 25.9 Å². The quantitative estimate of drug-likeness (QED) is 0.860. The van der Waals surface area contributed by atoms with Crippen molar-refractivity contribution in [3.05, 3.63) is 35.5 Å². The first-order valence-corrected chi connectivity index (χ1v) is 7.70. The molecule has 1 aliphatic rings. The van der Waals surface area contributed by atoms with E-state index in [2.05, 4.69) is 33.0 Å². The Balaban J connectivity index is 1.82. The van der Waals surface area contributed by atoms with Crippen LogP contribution in [0, 0.1) is 0 Å². The number of rotatable bonds is 2. The predicted molar refractivity (Wildman–Crippen MR) is 87.0 cm³/mol. The Labute approximate surface area is 135 Å². The molecule has 3 rings (SSSR count). The SMILES string of the molecule is COC(=O)C(C)NC(=O)N1CCc2cn(C)c3cccc(c23)C1. The number of hydrogen-bond donors (Lipinski definition) is 1. The lowest BCUT2D eigenvalue weighted by Gasteiger charge is -2.23. The number of benzene rings is 1. The van der Waals surface area contributed by atoms with Gasteiger partial charge < -0.3 is 19.5 Å². The fraction of sp³-hybridized carbons (Fsp3) is 0.412. The van der Waals surface area contributed by atoms with Gasteiger partial charge in [0.05, 0.1) is 7.11 Å². The summed E-state index contributed by atoms with van der Waals surface area (Å²) in [7, 11) is 3.36. The van der Waals surface area contributed by atoms with E-state index in [1.54, 1.807) is 11.8 Å². The van der Waals surface area contributed by atoms with E-state index in [-0.39, 0.29) is 6.03 Å². The van der Waals surface area contributed by atoms with Gasteiger partial charge in [-0.2, -0.15) is 0 Å². The van der Waals surface area contributed by atoms with Crippen molar-refractivity contribution in [3.8, 4) is 0 Å². The number of carbonyl (C=O) groups is 2.